The van der Waals surface area contributed by atoms with Crippen LogP contribution in [0.15, 0.2) is 12.1 Å². The number of nitrogens with two attached hydrogens (primary N) is 1. The molecule has 1 amide bonds. The zero-order chi connectivity index (χ0) is 13.3. The number of carbonyl (C=O) groups is 1. The van der Waals surface area contributed by atoms with Gasteiger partial charge in [0, 0.05) is 11.6 Å². The van der Waals surface area contributed by atoms with Gasteiger partial charge in [0.25, 0.3) is 0 Å². The highest BCUT2D eigenvalue weighted by molar-refractivity contribution is 6.36. The van der Waals surface area contributed by atoms with Crippen molar-refractivity contribution in [3.8, 4) is 0 Å². The molecule has 0 heterocycles. The van der Waals surface area contributed by atoms with Crippen molar-refractivity contribution in [1.82, 2.24) is 0 Å². The minimum absolute atomic E-state index is 0.0573. The number of benzene rings is 1. The third-order valence-electron chi connectivity index (χ3n) is 3.68. The van der Waals surface area contributed by atoms with Crippen LogP contribution < -0.4 is 11.1 Å². The molecule has 2 rings (SSSR count). The number of rotatable bonds is 3. The first kappa shape index (κ1) is 13.7. The molecule has 0 aliphatic heterocycles. The average Bonchev–Trinajstić information content (AvgIpc) is 2.25. The molecule has 1 aromatic carbocycles. The summed E-state index contributed by atoms with van der Waals surface area (Å²) < 4.78 is 0. The zero-order valence-corrected chi connectivity index (χ0v) is 11.7. The number of anilines is 1. The summed E-state index contributed by atoms with van der Waals surface area (Å²) >= 11 is 12.1. The van der Waals surface area contributed by atoms with E-state index < -0.39 is 5.41 Å². The lowest BCUT2D eigenvalue weighted by Crippen LogP contribution is -2.47. The van der Waals surface area contributed by atoms with Crippen LogP contribution in [0.25, 0.3) is 0 Å². The Balaban J connectivity index is 2.19. The summed E-state index contributed by atoms with van der Waals surface area (Å²) in [5.74, 6) is -0.0573. The molecule has 0 spiro atoms. The summed E-state index contributed by atoms with van der Waals surface area (Å²) in [6.45, 7) is 2.24. The molecule has 1 aliphatic rings. The molecule has 3 nitrogen and oxygen atoms in total. The Hall–Kier alpha value is -0.770. The van der Waals surface area contributed by atoms with E-state index in [2.05, 4.69) is 5.32 Å². The lowest BCUT2D eigenvalue weighted by atomic mass is 9.68. The lowest BCUT2D eigenvalue weighted by Gasteiger charge is -2.39. The number of carbonyl (C=O) groups excluding carboxylic acids is 1. The van der Waals surface area contributed by atoms with Gasteiger partial charge >= 0.3 is 0 Å². The molecule has 0 atom stereocenters. The van der Waals surface area contributed by atoms with E-state index in [-0.39, 0.29) is 5.91 Å². The molecule has 1 fully saturated rings. The highest BCUT2D eigenvalue weighted by Gasteiger charge is 2.42. The van der Waals surface area contributed by atoms with Gasteiger partial charge in [0.1, 0.15) is 0 Å². The van der Waals surface area contributed by atoms with Crippen molar-refractivity contribution in [2.24, 2.45) is 11.1 Å². The van der Waals surface area contributed by atoms with Crippen molar-refractivity contribution in [3.63, 3.8) is 0 Å². The number of nitrogens with one attached hydrogen (secondary N) is 1. The predicted octanol–water partition coefficient (Wildman–Crippen LogP) is 3.37. The summed E-state index contributed by atoms with van der Waals surface area (Å²) in [7, 11) is 0. The first-order valence-electron chi connectivity index (χ1n) is 5.96. The fraction of sp³-hybridized carbons (Fsp3) is 0.462. The Labute approximate surface area is 117 Å². The number of amides is 1. The minimum Gasteiger partial charge on any atom is -0.329 e. The maximum absolute atomic E-state index is 12.2. The third-order valence-corrected chi connectivity index (χ3v) is 4.40. The molecule has 1 aliphatic carbocycles. The molecule has 0 saturated heterocycles. The predicted molar refractivity (Wildman–Crippen MR) is 75.2 cm³/mol. The van der Waals surface area contributed by atoms with E-state index in [9.17, 15) is 4.79 Å². The molecule has 18 heavy (non-hydrogen) atoms. The molecule has 0 radical (unpaired) electrons. The lowest BCUT2D eigenvalue weighted by molar-refractivity contribution is -0.129. The normalized spacial score (nSPS) is 17.1. The van der Waals surface area contributed by atoms with E-state index in [0.29, 0.717) is 22.3 Å². The van der Waals surface area contributed by atoms with Crippen molar-refractivity contribution in [2.45, 2.75) is 26.2 Å². The second-order valence-electron chi connectivity index (χ2n) is 4.87. The fourth-order valence-corrected chi connectivity index (χ4v) is 2.55. The largest absolute Gasteiger partial charge is 0.329 e. The van der Waals surface area contributed by atoms with Crippen LogP contribution in [-0.4, -0.2) is 12.5 Å². The number of hydrogen-bond acceptors (Lipinski definition) is 2. The van der Waals surface area contributed by atoms with Crippen molar-refractivity contribution >= 4 is 34.8 Å². The van der Waals surface area contributed by atoms with Crippen LogP contribution in [-0.2, 0) is 4.79 Å². The highest BCUT2D eigenvalue weighted by Crippen LogP contribution is 2.41. The molecule has 0 aromatic heterocycles. The third kappa shape index (κ3) is 2.35. The number of aryl methyl sites for hydroxylation is 1. The van der Waals surface area contributed by atoms with E-state index in [1.165, 1.54) is 0 Å². The van der Waals surface area contributed by atoms with Crippen molar-refractivity contribution < 1.29 is 4.79 Å². The first-order valence-corrected chi connectivity index (χ1v) is 6.71. The van der Waals surface area contributed by atoms with Crippen LogP contribution in [0.2, 0.25) is 10.0 Å². The van der Waals surface area contributed by atoms with Crippen LogP contribution in [0.3, 0.4) is 0 Å². The SMILES string of the molecule is Cc1cc(Cl)c(NC(=O)C2(CN)CCC2)cc1Cl. The van der Waals surface area contributed by atoms with E-state index >= 15 is 0 Å². The summed E-state index contributed by atoms with van der Waals surface area (Å²) in [6.07, 6.45) is 2.73. The van der Waals surface area contributed by atoms with Crippen molar-refractivity contribution in [3.05, 3.63) is 27.7 Å². The first-order chi connectivity index (χ1) is 8.48. The van der Waals surface area contributed by atoms with Crippen molar-refractivity contribution in [2.75, 3.05) is 11.9 Å². The van der Waals surface area contributed by atoms with Gasteiger partial charge in [-0.2, -0.15) is 0 Å². The van der Waals surface area contributed by atoms with Gasteiger partial charge in [-0.3, -0.25) is 4.79 Å². The number of halogens is 2. The van der Waals surface area contributed by atoms with Crippen LogP contribution in [0.4, 0.5) is 5.69 Å². The Bertz CT molecular complexity index is 479. The van der Waals surface area contributed by atoms with Crippen LogP contribution in [0, 0.1) is 12.3 Å². The quantitative estimate of drug-likeness (QED) is 0.895. The average molecular weight is 287 g/mol. The highest BCUT2D eigenvalue weighted by atomic mass is 35.5. The smallest absolute Gasteiger partial charge is 0.231 e. The Kier molecular flexibility index (Phi) is 3.85. The zero-order valence-electron chi connectivity index (χ0n) is 10.2. The molecule has 3 N–H and O–H groups in total. The van der Waals surface area contributed by atoms with Gasteiger partial charge in [0.05, 0.1) is 16.1 Å². The molecular formula is C13H16Cl2N2O. The molecule has 1 aromatic rings. The van der Waals surface area contributed by atoms with Crippen LogP contribution >= 0.6 is 23.2 Å². The Morgan fingerprint density at radius 1 is 1.39 bits per heavy atom. The maximum Gasteiger partial charge on any atom is 0.231 e. The molecule has 5 heteroatoms. The van der Waals surface area contributed by atoms with Gasteiger partial charge < -0.3 is 11.1 Å². The molecule has 1 saturated carbocycles. The van der Waals surface area contributed by atoms with Gasteiger partial charge in [-0.1, -0.05) is 29.6 Å². The van der Waals surface area contributed by atoms with Crippen molar-refractivity contribution in [1.29, 1.82) is 0 Å². The van der Waals surface area contributed by atoms with Gasteiger partial charge in [-0.15, -0.1) is 0 Å². The second-order valence-corrected chi connectivity index (χ2v) is 5.69. The van der Waals surface area contributed by atoms with Crippen LogP contribution in [0.1, 0.15) is 24.8 Å². The monoisotopic (exact) mass is 286 g/mol. The second kappa shape index (κ2) is 5.08. The van der Waals surface area contributed by atoms with Crippen LogP contribution in [0.5, 0.6) is 0 Å². The minimum atomic E-state index is -0.416. The van der Waals surface area contributed by atoms with Gasteiger partial charge in [0.2, 0.25) is 5.91 Å². The standard InChI is InChI=1S/C13H16Cl2N2O/c1-8-5-10(15)11(6-9(8)14)17-12(18)13(7-16)3-2-4-13/h5-6H,2-4,7,16H2,1H3,(H,17,18). The molecule has 98 valence electrons. The van der Waals surface area contributed by atoms with E-state index in [1.807, 2.05) is 6.92 Å². The Morgan fingerprint density at radius 3 is 2.56 bits per heavy atom. The fourth-order valence-electron chi connectivity index (χ4n) is 2.12. The molecule has 0 unspecified atom stereocenters. The summed E-state index contributed by atoms with van der Waals surface area (Å²) in [5.41, 5.74) is 6.72. The Morgan fingerprint density at radius 2 is 2.06 bits per heavy atom. The number of hydrogen-bond donors (Lipinski definition) is 2. The summed E-state index contributed by atoms with van der Waals surface area (Å²) in [6, 6.07) is 3.43. The van der Waals surface area contributed by atoms with E-state index in [1.54, 1.807) is 12.1 Å². The summed E-state index contributed by atoms with van der Waals surface area (Å²) in [5, 5.41) is 3.92. The van der Waals surface area contributed by atoms with E-state index in [0.717, 1.165) is 24.8 Å². The van der Waals surface area contributed by atoms with E-state index in [4.69, 9.17) is 28.9 Å². The van der Waals surface area contributed by atoms with Gasteiger partial charge in [-0.25, -0.2) is 0 Å². The topological polar surface area (TPSA) is 55.1 Å². The summed E-state index contributed by atoms with van der Waals surface area (Å²) in [4.78, 5) is 12.2. The molecular weight excluding hydrogens is 271 g/mol. The molecule has 0 bridgehead atoms. The van der Waals surface area contributed by atoms with Gasteiger partial charge in [0.15, 0.2) is 0 Å². The van der Waals surface area contributed by atoms with Gasteiger partial charge in [-0.05, 0) is 37.5 Å². The maximum atomic E-state index is 12.2.